The van der Waals surface area contributed by atoms with Crippen LogP contribution in [0.5, 0.6) is 0 Å². The first-order chi connectivity index (χ1) is 7.75. The van der Waals surface area contributed by atoms with Gasteiger partial charge < -0.3 is 10.6 Å². The smallest absolute Gasteiger partial charge is 0.00817 e. The minimum Gasteiger partial charge on any atom is -0.314 e. The minimum atomic E-state index is 0.672. The maximum absolute atomic E-state index is 3.77. The van der Waals surface area contributed by atoms with E-state index in [0.29, 0.717) is 6.04 Å². The SMILES string of the molecule is CC(CC1CCCCCN1)NC(C)C1CC1. The molecule has 0 amide bonds. The molecule has 94 valence electrons. The maximum atomic E-state index is 3.77. The van der Waals surface area contributed by atoms with Crippen molar-refractivity contribution in [3.8, 4) is 0 Å². The quantitative estimate of drug-likeness (QED) is 0.750. The molecule has 16 heavy (non-hydrogen) atoms. The highest BCUT2D eigenvalue weighted by Crippen LogP contribution is 2.32. The van der Waals surface area contributed by atoms with E-state index in [-0.39, 0.29) is 0 Å². The van der Waals surface area contributed by atoms with Crippen molar-refractivity contribution >= 4 is 0 Å². The largest absolute Gasteiger partial charge is 0.314 e. The molecule has 1 heterocycles. The summed E-state index contributed by atoms with van der Waals surface area (Å²) in [6, 6.07) is 2.17. The van der Waals surface area contributed by atoms with E-state index in [9.17, 15) is 0 Å². The van der Waals surface area contributed by atoms with Crippen molar-refractivity contribution in [3.05, 3.63) is 0 Å². The Hall–Kier alpha value is -0.0800. The van der Waals surface area contributed by atoms with Gasteiger partial charge in [-0.1, -0.05) is 12.8 Å². The van der Waals surface area contributed by atoms with Gasteiger partial charge in [0.25, 0.3) is 0 Å². The maximum Gasteiger partial charge on any atom is 0.00817 e. The van der Waals surface area contributed by atoms with E-state index in [1.165, 1.54) is 51.5 Å². The zero-order valence-electron chi connectivity index (χ0n) is 11.0. The number of nitrogens with one attached hydrogen (secondary N) is 2. The molecule has 0 aromatic heterocycles. The third kappa shape index (κ3) is 4.06. The summed E-state index contributed by atoms with van der Waals surface area (Å²) < 4.78 is 0. The highest BCUT2D eigenvalue weighted by molar-refractivity contribution is 4.86. The molecule has 2 aliphatic rings. The van der Waals surface area contributed by atoms with E-state index < -0.39 is 0 Å². The molecule has 1 saturated heterocycles. The van der Waals surface area contributed by atoms with E-state index >= 15 is 0 Å². The lowest BCUT2D eigenvalue weighted by Crippen LogP contribution is -2.41. The molecule has 3 unspecified atom stereocenters. The Morgan fingerprint density at radius 2 is 1.94 bits per heavy atom. The van der Waals surface area contributed by atoms with Gasteiger partial charge in [0.05, 0.1) is 0 Å². The van der Waals surface area contributed by atoms with Crippen molar-refractivity contribution in [1.29, 1.82) is 0 Å². The van der Waals surface area contributed by atoms with Crippen molar-refractivity contribution in [2.24, 2.45) is 5.92 Å². The van der Waals surface area contributed by atoms with Crippen LogP contribution in [-0.4, -0.2) is 24.7 Å². The fraction of sp³-hybridized carbons (Fsp3) is 1.00. The molecule has 1 aliphatic carbocycles. The second-order valence-electron chi connectivity index (χ2n) is 5.93. The average Bonchev–Trinajstić information content (AvgIpc) is 3.05. The first kappa shape index (κ1) is 12.4. The molecular formula is C14H28N2. The lowest BCUT2D eigenvalue weighted by molar-refractivity contribution is 0.363. The summed E-state index contributed by atoms with van der Waals surface area (Å²) in [5.74, 6) is 0.976. The summed E-state index contributed by atoms with van der Waals surface area (Å²) in [5.41, 5.74) is 0. The molecule has 2 heteroatoms. The van der Waals surface area contributed by atoms with Gasteiger partial charge in [0.1, 0.15) is 0 Å². The molecule has 0 spiro atoms. The summed E-state index contributed by atoms with van der Waals surface area (Å²) >= 11 is 0. The van der Waals surface area contributed by atoms with Crippen molar-refractivity contribution in [1.82, 2.24) is 10.6 Å². The summed E-state index contributed by atoms with van der Waals surface area (Å²) in [4.78, 5) is 0. The van der Waals surface area contributed by atoms with Gasteiger partial charge >= 0.3 is 0 Å². The van der Waals surface area contributed by atoms with E-state index in [1.807, 2.05) is 0 Å². The highest BCUT2D eigenvalue weighted by atomic mass is 15.0. The first-order valence-electron chi connectivity index (χ1n) is 7.25. The fourth-order valence-electron chi connectivity index (χ4n) is 2.98. The topological polar surface area (TPSA) is 24.1 Å². The van der Waals surface area contributed by atoms with Gasteiger partial charge in [-0.05, 0) is 58.4 Å². The first-order valence-corrected chi connectivity index (χ1v) is 7.25. The van der Waals surface area contributed by atoms with E-state index in [0.717, 1.165) is 18.0 Å². The molecule has 1 aliphatic heterocycles. The summed E-state index contributed by atoms with van der Waals surface area (Å²) in [6.45, 7) is 5.94. The Balaban J connectivity index is 1.66. The Kier molecular flexibility index (Phi) is 4.66. The lowest BCUT2D eigenvalue weighted by atomic mass is 10.0. The van der Waals surface area contributed by atoms with Crippen molar-refractivity contribution in [2.75, 3.05) is 6.54 Å². The highest BCUT2D eigenvalue weighted by Gasteiger charge is 2.28. The molecule has 0 aromatic carbocycles. The molecule has 2 fully saturated rings. The van der Waals surface area contributed by atoms with Crippen molar-refractivity contribution in [2.45, 2.75) is 76.9 Å². The van der Waals surface area contributed by atoms with Crippen LogP contribution in [0.3, 0.4) is 0 Å². The van der Waals surface area contributed by atoms with Crippen LogP contribution in [0.4, 0.5) is 0 Å². The number of rotatable bonds is 5. The number of hydrogen-bond acceptors (Lipinski definition) is 2. The predicted octanol–water partition coefficient (Wildman–Crippen LogP) is 2.69. The second kappa shape index (κ2) is 6.02. The van der Waals surface area contributed by atoms with Gasteiger partial charge in [-0.15, -0.1) is 0 Å². The zero-order chi connectivity index (χ0) is 11.4. The molecule has 2 nitrogen and oxygen atoms in total. The lowest BCUT2D eigenvalue weighted by Gasteiger charge is -2.24. The van der Waals surface area contributed by atoms with Crippen LogP contribution < -0.4 is 10.6 Å². The third-order valence-corrected chi connectivity index (χ3v) is 4.18. The third-order valence-electron chi connectivity index (χ3n) is 4.18. The van der Waals surface area contributed by atoms with Gasteiger partial charge in [0.2, 0.25) is 0 Å². The second-order valence-corrected chi connectivity index (χ2v) is 5.93. The van der Waals surface area contributed by atoms with Crippen LogP contribution in [0.25, 0.3) is 0 Å². The van der Waals surface area contributed by atoms with E-state index in [4.69, 9.17) is 0 Å². The number of hydrogen-bond donors (Lipinski definition) is 2. The van der Waals surface area contributed by atoms with E-state index in [1.54, 1.807) is 0 Å². The molecule has 2 rings (SSSR count). The van der Waals surface area contributed by atoms with Crippen LogP contribution in [0, 0.1) is 5.92 Å². The van der Waals surface area contributed by atoms with Crippen LogP contribution in [0.1, 0.15) is 58.8 Å². The summed E-state index contributed by atoms with van der Waals surface area (Å²) in [5, 5.41) is 7.46. The van der Waals surface area contributed by atoms with Gasteiger partial charge in [-0.2, -0.15) is 0 Å². The fourth-order valence-corrected chi connectivity index (χ4v) is 2.98. The molecular weight excluding hydrogens is 196 g/mol. The molecule has 0 bridgehead atoms. The van der Waals surface area contributed by atoms with Crippen LogP contribution in [0.2, 0.25) is 0 Å². The van der Waals surface area contributed by atoms with Gasteiger partial charge in [0, 0.05) is 18.1 Å². The van der Waals surface area contributed by atoms with E-state index in [2.05, 4.69) is 24.5 Å². The zero-order valence-corrected chi connectivity index (χ0v) is 11.0. The monoisotopic (exact) mass is 224 g/mol. The Morgan fingerprint density at radius 3 is 2.69 bits per heavy atom. The predicted molar refractivity (Wildman–Crippen MR) is 69.7 cm³/mol. The van der Waals surface area contributed by atoms with Gasteiger partial charge in [-0.3, -0.25) is 0 Å². The average molecular weight is 224 g/mol. The summed E-state index contributed by atoms with van der Waals surface area (Å²) in [7, 11) is 0. The Morgan fingerprint density at radius 1 is 1.12 bits per heavy atom. The van der Waals surface area contributed by atoms with Crippen molar-refractivity contribution < 1.29 is 0 Å². The molecule has 0 aromatic rings. The molecule has 3 atom stereocenters. The minimum absolute atomic E-state index is 0.672. The molecule has 1 saturated carbocycles. The van der Waals surface area contributed by atoms with Crippen LogP contribution in [-0.2, 0) is 0 Å². The van der Waals surface area contributed by atoms with Gasteiger partial charge in [0.15, 0.2) is 0 Å². The van der Waals surface area contributed by atoms with Crippen LogP contribution in [0.15, 0.2) is 0 Å². The van der Waals surface area contributed by atoms with Crippen molar-refractivity contribution in [3.63, 3.8) is 0 Å². The Labute approximate surface area is 101 Å². The van der Waals surface area contributed by atoms with Crippen LogP contribution >= 0.6 is 0 Å². The normalized spacial score (nSPS) is 30.8. The molecule has 0 radical (unpaired) electrons. The summed E-state index contributed by atoms with van der Waals surface area (Å²) in [6.07, 6.45) is 9.79. The molecule has 2 N–H and O–H groups in total. The standard InChI is InChI=1S/C14H28N2/c1-11(16-12(2)13-7-8-13)10-14-6-4-3-5-9-15-14/h11-16H,3-10H2,1-2H3. The Bertz CT molecular complexity index is 193. The van der Waals surface area contributed by atoms with Gasteiger partial charge in [-0.25, -0.2) is 0 Å².